The molecule has 2 saturated heterocycles. The zero-order valence-electron chi connectivity index (χ0n) is 23.9. The average Bonchev–Trinajstić information content (AvgIpc) is 3.08. The highest BCUT2D eigenvalue weighted by Crippen LogP contribution is 2.56. The summed E-state index contributed by atoms with van der Waals surface area (Å²) < 4.78 is 29.7. The quantitative estimate of drug-likeness (QED) is 0.316. The molecule has 2 aliphatic heterocycles. The molecule has 1 aliphatic carbocycles. The molecule has 1 N–H and O–H groups in total. The van der Waals surface area contributed by atoms with E-state index in [0.29, 0.717) is 0 Å². The van der Waals surface area contributed by atoms with Crippen LogP contribution in [0.3, 0.4) is 0 Å². The summed E-state index contributed by atoms with van der Waals surface area (Å²) in [5.41, 5.74) is -2.84. The number of hydrogen-bond donors (Lipinski definition) is 1. The molecule has 3 rings (SSSR count). The van der Waals surface area contributed by atoms with Gasteiger partial charge in [-0.1, -0.05) is 5.57 Å². The Balaban J connectivity index is 2.22. The molecule has 3 aliphatic rings. The number of carbonyl (C=O) groups excluding carboxylic acids is 4. The van der Waals surface area contributed by atoms with Crippen molar-refractivity contribution in [3.05, 3.63) is 11.6 Å². The summed E-state index contributed by atoms with van der Waals surface area (Å²) in [4.78, 5) is 48.5. The third kappa shape index (κ3) is 6.06. The number of fused-ring (bicyclic) bond motifs is 5. The van der Waals surface area contributed by atoms with Gasteiger partial charge in [-0.05, 0) is 53.5 Å². The first kappa shape index (κ1) is 30.1. The van der Waals surface area contributed by atoms with Crippen molar-refractivity contribution in [1.29, 1.82) is 0 Å². The largest absolute Gasteiger partial charge is 0.460 e. The van der Waals surface area contributed by atoms with Gasteiger partial charge in [0, 0.05) is 51.9 Å². The molecule has 0 spiro atoms. The van der Waals surface area contributed by atoms with Crippen molar-refractivity contribution >= 4 is 23.9 Å². The minimum absolute atomic E-state index is 0.142. The monoisotopic (exact) mass is 538 g/mol. The van der Waals surface area contributed by atoms with Gasteiger partial charge in [-0.2, -0.15) is 0 Å². The zero-order chi connectivity index (χ0) is 28.8. The van der Waals surface area contributed by atoms with Gasteiger partial charge in [0.25, 0.3) is 0 Å². The lowest BCUT2D eigenvalue weighted by Crippen LogP contribution is -2.58. The number of ether oxygens (including phenoxy) is 5. The van der Waals surface area contributed by atoms with Crippen LogP contribution in [-0.4, -0.2) is 70.2 Å². The van der Waals surface area contributed by atoms with Gasteiger partial charge in [0.2, 0.25) is 0 Å². The summed E-state index contributed by atoms with van der Waals surface area (Å²) in [5.74, 6) is -3.25. The molecule has 0 amide bonds. The summed E-state index contributed by atoms with van der Waals surface area (Å²) >= 11 is 0. The van der Waals surface area contributed by atoms with E-state index in [4.69, 9.17) is 23.7 Å². The van der Waals surface area contributed by atoms with Crippen LogP contribution in [-0.2, 0) is 42.9 Å². The van der Waals surface area contributed by atoms with E-state index >= 15 is 0 Å². The van der Waals surface area contributed by atoms with E-state index in [1.807, 2.05) is 13.0 Å². The Morgan fingerprint density at radius 1 is 1.00 bits per heavy atom. The second-order valence-corrected chi connectivity index (χ2v) is 12.0. The summed E-state index contributed by atoms with van der Waals surface area (Å²) in [5, 5.41) is 11.6. The number of rotatable bonds is 5. The van der Waals surface area contributed by atoms with Gasteiger partial charge >= 0.3 is 23.9 Å². The maximum absolute atomic E-state index is 12.4. The highest BCUT2D eigenvalue weighted by Gasteiger charge is 2.64. The standard InChI is InChI=1S/C28H42O10/c1-14-12-19(34-15(2)29)24(26(6,7)37-17(4)31)23-22(14)20-13-27(8,33)21(35-16(3)30)10-11-28(9,25(23)36-20)38-18(5)32/h12,19-25,33H,10-11,13H2,1-9H3. The number of carbonyl (C=O) groups is 4. The van der Waals surface area contributed by atoms with Gasteiger partial charge in [0.15, 0.2) is 0 Å². The first-order valence-electron chi connectivity index (χ1n) is 13.2. The van der Waals surface area contributed by atoms with Crippen molar-refractivity contribution < 1.29 is 48.0 Å². The molecule has 2 heterocycles. The van der Waals surface area contributed by atoms with Crippen LogP contribution in [0.25, 0.3) is 0 Å². The van der Waals surface area contributed by atoms with Crippen LogP contribution in [0, 0.1) is 17.8 Å². The lowest BCUT2D eigenvalue weighted by atomic mass is 9.60. The highest BCUT2D eigenvalue weighted by atomic mass is 16.6. The Labute approximate surface area is 224 Å². The molecule has 0 aromatic rings. The second kappa shape index (κ2) is 10.6. The Bertz CT molecular complexity index is 998. The molecular formula is C28H42O10. The number of hydrogen-bond acceptors (Lipinski definition) is 10. The Hall–Kier alpha value is -2.46. The van der Waals surface area contributed by atoms with E-state index < -0.39 is 76.9 Å². The molecule has 10 heteroatoms. The Kier molecular flexibility index (Phi) is 8.39. The third-order valence-electron chi connectivity index (χ3n) is 8.22. The average molecular weight is 539 g/mol. The third-order valence-corrected chi connectivity index (χ3v) is 8.22. The van der Waals surface area contributed by atoms with Crippen molar-refractivity contribution in [1.82, 2.24) is 0 Å². The minimum Gasteiger partial charge on any atom is -0.460 e. The molecule has 9 atom stereocenters. The number of aliphatic hydroxyl groups is 1. The topological polar surface area (TPSA) is 135 Å². The molecule has 2 fully saturated rings. The van der Waals surface area contributed by atoms with Crippen LogP contribution < -0.4 is 0 Å². The molecule has 214 valence electrons. The van der Waals surface area contributed by atoms with E-state index in [-0.39, 0.29) is 25.2 Å². The molecule has 0 saturated carbocycles. The van der Waals surface area contributed by atoms with E-state index in [9.17, 15) is 24.3 Å². The fraction of sp³-hybridized carbons (Fsp3) is 0.786. The molecule has 38 heavy (non-hydrogen) atoms. The lowest BCUT2D eigenvalue weighted by molar-refractivity contribution is -0.192. The van der Waals surface area contributed by atoms with Crippen LogP contribution in [0.4, 0.5) is 0 Å². The van der Waals surface area contributed by atoms with E-state index in [2.05, 4.69) is 0 Å². The van der Waals surface area contributed by atoms with Gasteiger partial charge in [-0.25, -0.2) is 0 Å². The van der Waals surface area contributed by atoms with Gasteiger partial charge in [-0.3, -0.25) is 19.2 Å². The van der Waals surface area contributed by atoms with Crippen molar-refractivity contribution in [2.75, 3.05) is 0 Å². The molecule has 0 aromatic carbocycles. The maximum atomic E-state index is 12.4. The summed E-state index contributed by atoms with van der Waals surface area (Å²) in [6.45, 7) is 14.1. The van der Waals surface area contributed by atoms with E-state index in [1.165, 1.54) is 27.7 Å². The summed E-state index contributed by atoms with van der Waals surface area (Å²) in [6.07, 6.45) is -0.374. The number of esters is 4. The minimum atomic E-state index is -1.44. The molecule has 9 unspecified atom stereocenters. The van der Waals surface area contributed by atoms with Crippen molar-refractivity contribution in [2.45, 2.75) is 123 Å². The first-order chi connectivity index (χ1) is 17.4. The first-order valence-corrected chi connectivity index (χ1v) is 13.2. The van der Waals surface area contributed by atoms with Gasteiger partial charge in [0.1, 0.15) is 35.1 Å². The van der Waals surface area contributed by atoms with Crippen molar-refractivity contribution in [3.63, 3.8) is 0 Å². The SMILES string of the molecule is CC(=O)OC1C=C(C)C2C3CC(C)(O)C(OC(C)=O)CCC(C)(OC(C)=O)C(O3)C2C1C(C)(C)OC(C)=O. The fourth-order valence-corrected chi connectivity index (χ4v) is 7.06. The molecule has 0 aromatic heterocycles. The van der Waals surface area contributed by atoms with Crippen LogP contribution >= 0.6 is 0 Å². The lowest BCUT2D eigenvalue weighted by Gasteiger charge is -2.49. The predicted octanol–water partition coefficient (Wildman–Crippen LogP) is 3.02. The van der Waals surface area contributed by atoms with Crippen LogP contribution in [0.2, 0.25) is 0 Å². The molecular weight excluding hydrogens is 496 g/mol. The second-order valence-electron chi connectivity index (χ2n) is 12.0. The fourth-order valence-electron chi connectivity index (χ4n) is 7.06. The van der Waals surface area contributed by atoms with Crippen LogP contribution in [0.1, 0.15) is 81.6 Å². The maximum Gasteiger partial charge on any atom is 0.303 e. The normalized spacial score (nSPS) is 38.9. The van der Waals surface area contributed by atoms with Gasteiger partial charge in [0.05, 0.1) is 6.10 Å². The van der Waals surface area contributed by atoms with Gasteiger partial charge in [-0.15, -0.1) is 0 Å². The van der Waals surface area contributed by atoms with Crippen molar-refractivity contribution in [2.24, 2.45) is 17.8 Å². The summed E-state index contributed by atoms with van der Waals surface area (Å²) in [7, 11) is 0. The molecule has 0 radical (unpaired) electrons. The van der Waals surface area contributed by atoms with Gasteiger partial charge < -0.3 is 28.8 Å². The van der Waals surface area contributed by atoms with Crippen molar-refractivity contribution in [3.8, 4) is 0 Å². The van der Waals surface area contributed by atoms with E-state index in [1.54, 1.807) is 27.7 Å². The Morgan fingerprint density at radius 3 is 2.13 bits per heavy atom. The summed E-state index contributed by atoms with van der Waals surface area (Å²) in [6, 6.07) is 0. The highest BCUT2D eigenvalue weighted by molar-refractivity contribution is 5.68. The molecule has 2 bridgehead atoms. The Morgan fingerprint density at radius 2 is 1.61 bits per heavy atom. The zero-order valence-corrected chi connectivity index (χ0v) is 23.9. The van der Waals surface area contributed by atoms with Crippen LogP contribution in [0.15, 0.2) is 11.6 Å². The smallest absolute Gasteiger partial charge is 0.303 e. The van der Waals surface area contributed by atoms with E-state index in [0.717, 1.165) is 5.57 Å². The van der Waals surface area contributed by atoms with Crippen LogP contribution in [0.5, 0.6) is 0 Å². The molecule has 10 nitrogen and oxygen atoms in total. The predicted molar refractivity (Wildman–Crippen MR) is 134 cm³/mol.